The number of alkyl halides is 1. The number of ketones is 2. The molecule has 3 fully saturated rings. The summed E-state index contributed by atoms with van der Waals surface area (Å²) in [6.07, 6.45) is 4.49. The maximum Gasteiger partial charge on any atom is 0.306 e. The molecule has 0 aromatic carbocycles. The third-order valence-electron chi connectivity index (χ3n) is 10.3. The van der Waals surface area contributed by atoms with Crippen molar-refractivity contribution in [3.8, 4) is 0 Å². The van der Waals surface area contributed by atoms with E-state index in [-0.39, 0.29) is 31.5 Å². The van der Waals surface area contributed by atoms with Crippen LogP contribution in [0.15, 0.2) is 23.8 Å². The lowest BCUT2D eigenvalue weighted by molar-refractivity contribution is -0.236. The number of Topliss-reactive ketones (excluding diaryl/α,β-unsaturated/α-hetero) is 1. The van der Waals surface area contributed by atoms with Gasteiger partial charge in [-0.3, -0.25) is 24.0 Å². The summed E-state index contributed by atoms with van der Waals surface area (Å²) < 4.78 is 35.3. The van der Waals surface area contributed by atoms with Crippen LogP contribution in [0.4, 0.5) is 4.39 Å². The average Bonchev–Trinajstić information content (AvgIpc) is 3.14. The third-order valence-corrected chi connectivity index (χ3v) is 10.3. The zero-order chi connectivity index (χ0) is 29.7. The summed E-state index contributed by atoms with van der Waals surface area (Å²) >= 11 is 0. The molecule has 4 aliphatic rings. The Hall–Kier alpha value is -2.84. The average molecular weight is 561 g/mol. The molecule has 4 aliphatic carbocycles. The van der Waals surface area contributed by atoms with Crippen LogP contribution in [0.3, 0.4) is 0 Å². The van der Waals surface area contributed by atoms with Crippen molar-refractivity contribution in [3.05, 3.63) is 23.8 Å². The van der Waals surface area contributed by atoms with Crippen molar-refractivity contribution >= 4 is 29.5 Å². The number of ether oxygens (including phenoxy) is 3. The first-order valence-electron chi connectivity index (χ1n) is 14.5. The SMILES string of the molecule is CCC(=O)OCC(=O)[C@@]1(OC(=O)CC)[C@@H](C)C[C@H]2[C@@H]3CCC4=CC(=O)C=C[C@]4(C)[C@@]3(F)[C@@H](OC(=O)CC)C[C@@]21C. The second-order valence-corrected chi connectivity index (χ2v) is 12.2. The van der Waals surface area contributed by atoms with Crippen molar-refractivity contribution in [2.75, 3.05) is 6.61 Å². The number of hydrogen-bond donors (Lipinski definition) is 0. The highest BCUT2D eigenvalue weighted by Crippen LogP contribution is 2.72. The molecule has 3 saturated carbocycles. The molecule has 0 aliphatic heterocycles. The Kier molecular flexibility index (Phi) is 7.93. The fourth-order valence-corrected chi connectivity index (χ4v) is 8.34. The molecule has 40 heavy (non-hydrogen) atoms. The first kappa shape index (κ1) is 30.1. The van der Waals surface area contributed by atoms with Gasteiger partial charge in [0.1, 0.15) is 6.10 Å². The summed E-state index contributed by atoms with van der Waals surface area (Å²) in [5, 5.41) is 0. The largest absolute Gasteiger partial charge is 0.459 e. The molecule has 0 N–H and O–H groups in total. The lowest BCUT2D eigenvalue weighted by atomic mass is 9.44. The standard InChI is InChI=1S/C31H41FO8/c1-7-25(35)38-17-23(34)31(40-27(37)9-3)18(4)14-22-21-11-10-19-15-20(33)12-13-28(19,5)30(21,32)24(16-29(22,31)6)39-26(36)8-2/h12-13,15,18,21-22,24H,7-11,14,16-17H2,1-6H3/t18-,21-,22-,24-,28-,29-,30-,31-/m0/s1. The van der Waals surface area contributed by atoms with Crippen molar-refractivity contribution < 1.29 is 42.6 Å². The van der Waals surface area contributed by atoms with Crippen molar-refractivity contribution in [1.82, 2.24) is 0 Å². The monoisotopic (exact) mass is 560 g/mol. The molecule has 0 radical (unpaired) electrons. The predicted molar refractivity (Wildman–Crippen MR) is 142 cm³/mol. The number of carbonyl (C=O) groups excluding carboxylic acids is 5. The van der Waals surface area contributed by atoms with E-state index in [1.807, 2.05) is 13.8 Å². The van der Waals surface area contributed by atoms with Crippen LogP contribution in [0.2, 0.25) is 0 Å². The maximum absolute atomic E-state index is 18.1. The number of hydrogen-bond acceptors (Lipinski definition) is 8. The van der Waals surface area contributed by atoms with Gasteiger partial charge in [-0.1, -0.05) is 46.3 Å². The minimum Gasteiger partial charge on any atom is -0.459 e. The second-order valence-electron chi connectivity index (χ2n) is 12.2. The normalized spacial score (nSPS) is 39.8. The molecule has 8 nitrogen and oxygen atoms in total. The van der Waals surface area contributed by atoms with Gasteiger partial charge in [-0.25, -0.2) is 4.39 Å². The maximum atomic E-state index is 18.1. The predicted octanol–water partition coefficient (Wildman–Crippen LogP) is 4.78. The molecule has 0 unspecified atom stereocenters. The van der Waals surface area contributed by atoms with E-state index in [1.165, 1.54) is 12.2 Å². The quantitative estimate of drug-likeness (QED) is 0.308. The van der Waals surface area contributed by atoms with Gasteiger partial charge >= 0.3 is 17.9 Å². The van der Waals surface area contributed by atoms with E-state index < -0.39 is 76.3 Å². The molecule has 8 atom stereocenters. The fourth-order valence-electron chi connectivity index (χ4n) is 8.34. The molecule has 0 amide bonds. The molecule has 0 spiro atoms. The number of carbonyl (C=O) groups is 5. The fraction of sp³-hybridized carbons (Fsp3) is 0.710. The third kappa shape index (κ3) is 4.17. The van der Waals surface area contributed by atoms with E-state index in [0.29, 0.717) is 24.8 Å². The van der Waals surface area contributed by atoms with E-state index >= 15 is 4.39 Å². The molecule has 0 aromatic rings. The molecule has 0 heterocycles. The Morgan fingerprint density at radius 3 is 2.27 bits per heavy atom. The zero-order valence-electron chi connectivity index (χ0n) is 24.3. The van der Waals surface area contributed by atoms with E-state index in [2.05, 4.69) is 0 Å². The highest BCUT2D eigenvalue weighted by atomic mass is 19.1. The summed E-state index contributed by atoms with van der Waals surface area (Å²) in [4.78, 5) is 63.8. The summed E-state index contributed by atoms with van der Waals surface area (Å²) in [5.74, 6) is -4.06. The minimum absolute atomic E-state index is 0.0209. The van der Waals surface area contributed by atoms with Crippen LogP contribution in [-0.2, 0) is 38.2 Å². The number of fused-ring (bicyclic) bond motifs is 5. The number of allylic oxidation sites excluding steroid dienone is 4. The summed E-state index contributed by atoms with van der Waals surface area (Å²) in [5.41, 5.74) is -5.41. The van der Waals surface area contributed by atoms with Crippen LogP contribution >= 0.6 is 0 Å². The number of esters is 3. The molecule has 0 saturated heterocycles. The van der Waals surface area contributed by atoms with Crippen molar-refractivity contribution in [1.29, 1.82) is 0 Å². The van der Waals surface area contributed by atoms with Gasteiger partial charge in [0.25, 0.3) is 0 Å². The highest BCUT2D eigenvalue weighted by molar-refractivity contribution is 6.01. The summed E-state index contributed by atoms with van der Waals surface area (Å²) in [7, 11) is 0. The van der Waals surface area contributed by atoms with Gasteiger partial charge in [-0.15, -0.1) is 0 Å². The first-order valence-corrected chi connectivity index (χ1v) is 14.5. The molecular weight excluding hydrogens is 519 g/mol. The smallest absolute Gasteiger partial charge is 0.306 e. The van der Waals surface area contributed by atoms with Gasteiger partial charge in [0.05, 0.1) is 0 Å². The van der Waals surface area contributed by atoms with E-state index in [4.69, 9.17) is 14.2 Å². The van der Waals surface area contributed by atoms with Gasteiger partial charge in [-0.05, 0) is 50.7 Å². The topological polar surface area (TPSA) is 113 Å². The van der Waals surface area contributed by atoms with Crippen molar-refractivity contribution in [3.63, 3.8) is 0 Å². The number of rotatable bonds is 8. The van der Waals surface area contributed by atoms with E-state index in [0.717, 1.165) is 0 Å². The van der Waals surface area contributed by atoms with Gasteiger partial charge in [0.15, 0.2) is 23.7 Å². The molecule has 9 heteroatoms. The van der Waals surface area contributed by atoms with Crippen LogP contribution < -0.4 is 0 Å². The van der Waals surface area contributed by atoms with Crippen LogP contribution in [0.1, 0.15) is 86.5 Å². The number of halogens is 1. The van der Waals surface area contributed by atoms with Gasteiger partial charge in [-0.2, -0.15) is 0 Å². The van der Waals surface area contributed by atoms with Gasteiger partial charge in [0, 0.05) is 41.9 Å². The van der Waals surface area contributed by atoms with E-state index in [1.54, 1.807) is 33.8 Å². The van der Waals surface area contributed by atoms with Crippen molar-refractivity contribution in [2.24, 2.45) is 28.6 Å². The summed E-state index contributed by atoms with van der Waals surface area (Å²) in [6.45, 7) is 9.68. The lowest BCUT2D eigenvalue weighted by Crippen LogP contribution is -2.70. The van der Waals surface area contributed by atoms with Crippen LogP contribution in [0, 0.1) is 28.6 Å². The van der Waals surface area contributed by atoms with Crippen LogP contribution in [0.25, 0.3) is 0 Å². The van der Waals surface area contributed by atoms with Crippen LogP contribution in [-0.4, -0.2) is 53.5 Å². The molecule has 220 valence electrons. The Morgan fingerprint density at radius 2 is 1.65 bits per heavy atom. The molecule has 4 rings (SSSR count). The minimum atomic E-state index is -2.06. The highest BCUT2D eigenvalue weighted by Gasteiger charge is 2.78. The van der Waals surface area contributed by atoms with Gasteiger partial charge < -0.3 is 14.2 Å². The lowest BCUT2D eigenvalue weighted by Gasteiger charge is -2.63. The van der Waals surface area contributed by atoms with E-state index in [9.17, 15) is 24.0 Å². The summed E-state index contributed by atoms with van der Waals surface area (Å²) in [6, 6.07) is 0. The Balaban J connectivity index is 1.88. The van der Waals surface area contributed by atoms with Crippen LogP contribution in [0.5, 0.6) is 0 Å². The molecule has 0 bridgehead atoms. The molecule has 0 aromatic heterocycles. The zero-order valence-corrected chi connectivity index (χ0v) is 24.3. The second kappa shape index (κ2) is 10.5. The van der Waals surface area contributed by atoms with Crippen molar-refractivity contribution in [2.45, 2.75) is 104 Å². The Bertz CT molecular complexity index is 1170. The van der Waals surface area contributed by atoms with Gasteiger partial charge in [0.2, 0.25) is 5.78 Å². The Morgan fingerprint density at radius 1 is 1.00 bits per heavy atom. The Labute approximate surface area is 235 Å². The molecular formula is C31H41FO8. The first-order chi connectivity index (χ1) is 18.7.